The molecule has 7 heteroatoms. The van der Waals surface area contributed by atoms with E-state index in [0.29, 0.717) is 37.6 Å². The summed E-state index contributed by atoms with van der Waals surface area (Å²) in [7, 11) is 0. The van der Waals surface area contributed by atoms with Crippen molar-refractivity contribution >= 4 is 28.9 Å². The van der Waals surface area contributed by atoms with Crippen molar-refractivity contribution in [1.29, 1.82) is 0 Å². The molecule has 0 unspecified atom stereocenters. The molecule has 1 heterocycles. The molecule has 27 heavy (non-hydrogen) atoms. The highest BCUT2D eigenvalue weighted by Gasteiger charge is 2.22. The van der Waals surface area contributed by atoms with Crippen LogP contribution < -0.4 is 15.5 Å². The van der Waals surface area contributed by atoms with Crippen molar-refractivity contribution in [2.75, 3.05) is 48.3 Å². The highest BCUT2D eigenvalue weighted by atomic mass is 19.1. The van der Waals surface area contributed by atoms with Crippen molar-refractivity contribution in [3.63, 3.8) is 0 Å². The molecule has 3 rings (SSSR count). The van der Waals surface area contributed by atoms with Gasteiger partial charge in [-0.1, -0.05) is 18.2 Å². The first-order valence-electron chi connectivity index (χ1n) is 8.92. The molecule has 1 saturated heterocycles. The molecular weight excluding hydrogens is 347 g/mol. The Morgan fingerprint density at radius 2 is 1.70 bits per heavy atom. The minimum atomic E-state index is -0.238. The smallest absolute Gasteiger partial charge is 0.241 e. The van der Waals surface area contributed by atoms with Crippen LogP contribution in [-0.4, -0.2) is 49.4 Å². The molecule has 1 aliphatic rings. The van der Waals surface area contributed by atoms with Crippen molar-refractivity contribution in [2.45, 2.75) is 6.92 Å². The van der Waals surface area contributed by atoms with Gasteiger partial charge in [-0.15, -0.1) is 0 Å². The van der Waals surface area contributed by atoms with Gasteiger partial charge in [-0.2, -0.15) is 0 Å². The molecular formula is C20H23FN4O2. The summed E-state index contributed by atoms with van der Waals surface area (Å²) < 4.78 is 13.9. The summed E-state index contributed by atoms with van der Waals surface area (Å²) in [5.74, 6) is -0.387. The molecule has 0 atom stereocenters. The van der Waals surface area contributed by atoms with Gasteiger partial charge in [0.1, 0.15) is 5.82 Å². The Morgan fingerprint density at radius 1 is 1.00 bits per heavy atom. The topological polar surface area (TPSA) is 64.7 Å². The first-order chi connectivity index (χ1) is 13.0. The van der Waals surface area contributed by atoms with Crippen molar-refractivity contribution < 1.29 is 14.0 Å². The first kappa shape index (κ1) is 18.7. The summed E-state index contributed by atoms with van der Waals surface area (Å²) in [4.78, 5) is 27.3. The standard InChI is InChI=1S/C20H23FN4O2/c1-15(26)23-17-6-4-5-16(13-17)22-14-20(27)25-11-9-24(10-12-25)19-8-3-2-7-18(19)21/h2-8,13,22H,9-12,14H2,1H3,(H,23,26). The van der Waals surface area contributed by atoms with Crippen LogP contribution in [0.3, 0.4) is 0 Å². The number of amides is 2. The van der Waals surface area contributed by atoms with Crippen LogP contribution in [0, 0.1) is 5.82 Å². The summed E-state index contributed by atoms with van der Waals surface area (Å²) in [5, 5.41) is 5.80. The molecule has 0 aliphatic carbocycles. The van der Waals surface area contributed by atoms with Crippen molar-refractivity contribution in [2.24, 2.45) is 0 Å². The largest absolute Gasteiger partial charge is 0.376 e. The van der Waals surface area contributed by atoms with Crippen LogP contribution in [-0.2, 0) is 9.59 Å². The van der Waals surface area contributed by atoms with E-state index >= 15 is 0 Å². The summed E-state index contributed by atoms with van der Waals surface area (Å²) in [6, 6.07) is 13.9. The SMILES string of the molecule is CC(=O)Nc1cccc(NCC(=O)N2CCN(c3ccccc3F)CC2)c1. The fourth-order valence-corrected chi connectivity index (χ4v) is 3.10. The van der Waals surface area contributed by atoms with Crippen LogP contribution in [0.4, 0.5) is 21.5 Å². The quantitative estimate of drug-likeness (QED) is 0.849. The maximum absolute atomic E-state index is 13.9. The second-order valence-electron chi connectivity index (χ2n) is 6.43. The number of halogens is 1. The van der Waals surface area contributed by atoms with Crippen LogP contribution in [0.15, 0.2) is 48.5 Å². The van der Waals surface area contributed by atoms with Gasteiger partial charge in [0.15, 0.2) is 0 Å². The average molecular weight is 370 g/mol. The van der Waals surface area contributed by atoms with Gasteiger partial charge in [0.2, 0.25) is 11.8 Å². The number of carbonyl (C=O) groups excluding carboxylic acids is 2. The Balaban J connectivity index is 1.50. The van der Waals surface area contributed by atoms with Crippen LogP contribution in [0.1, 0.15) is 6.92 Å². The molecule has 2 N–H and O–H groups in total. The number of hydrogen-bond acceptors (Lipinski definition) is 4. The zero-order valence-electron chi connectivity index (χ0n) is 15.2. The maximum atomic E-state index is 13.9. The van der Waals surface area contributed by atoms with Gasteiger partial charge in [-0.3, -0.25) is 9.59 Å². The Labute approximate surface area is 158 Å². The number of piperazine rings is 1. The number of anilines is 3. The lowest BCUT2D eigenvalue weighted by atomic mass is 10.2. The summed E-state index contributed by atoms with van der Waals surface area (Å²) in [5.41, 5.74) is 2.02. The number of para-hydroxylation sites is 1. The van der Waals surface area contributed by atoms with E-state index in [9.17, 15) is 14.0 Å². The Kier molecular flexibility index (Phi) is 5.90. The molecule has 142 valence electrons. The average Bonchev–Trinajstić information content (AvgIpc) is 2.66. The monoisotopic (exact) mass is 370 g/mol. The molecule has 6 nitrogen and oxygen atoms in total. The third-order valence-corrected chi connectivity index (χ3v) is 4.45. The number of benzene rings is 2. The molecule has 1 fully saturated rings. The van der Waals surface area contributed by atoms with Crippen molar-refractivity contribution in [1.82, 2.24) is 4.90 Å². The highest BCUT2D eigenvalue weighted by molar-refractivity contribution is 5.89. The van der Waals surface area contributed by atoms with E-state index in [0.717, 1.165) is 5.69 Å². The number of rotatable bonds is 5. The van der Waals surface area contributed by atoms with Crippen LogP contribution >= 0.6 is 0 Å². The molecule has 2 aromatic rings. The number of carbonyl (C=O) groups is 2. The van der Waals surface area contributed by atoms with E-state index in [1.54, 1.807) is 29.2 Å². The van der Waals surface area contributed by atoms with Gasteiger partial charge in [-0.25, -0.2) is 4.39 Å². The predicted molar refractivity (Wildman–Crippen MR) is 104 cm³/mol. The molecule has 0 radical (unpaired) electrons. The molecule has 0 bridgehead atoms. The lowest BCUT2D eigenvalue weighted by molar-refractivity contribution is -0.129. The normalized spacial score (nSPS) is 14.0. The Hall–Kier alpha value is -3.09. The maximum Gasteiger partial charge on any atom is 0.241 e. The molecule has 0 aromatic heterocycles. The molecule has 0 saturated carbocycles. The molecule has 2 aromatic carbocycles. The van der Waals surface area contributed by atoms with Gasteiger partial charge in [0, 0.05) is 44.5 Å². The Bertz CT molecular complexity index is 819. The van der Waals surface area contributed by atoms with Gasteiger partial charge in [0.25, 0.3) is 0 Å². The van der Waals surface area contributed by atoms with Gasteiger partial charge in [0.05, 0.1) is 12.2 Å². The van der Waals surface area contributed by atoms with Crippen molar-refractivity contribution in [3.8, 4) is 0 Å². The first-order valence-corrected chi connectivity index (χ1v) is 8.92. The van der Waals surface area contributed by atoms with E-state index in [1.165, 1.54) is 13.0 Å². The lowest BCUT2D eigenvalue weighted by Crippen LogP contribution is -2.50. The van der Waals surface area contributed by atoms with Crippen LogP contribution in [0.25, 0.3) is 0 Å². The van der Waals surface area contributed by atoms with E-state index in [2.05, 4.69) is 10.6 Å². The highest BCUT2D eigenvalue weighted by Crippen LogP contribution is 2.20. The number of nitrogens with zero attached hydrogens (tertiary/aromatic N) is 2. The third kappa shape index (κ3) is 4.97. The zero-order valence-corrected chi connectivity index (χ0v) is 15.2. The summed E-state index contributed by atoms with van der Waals surface area (Å²) in [6.45, 7) is 3.94. The summed E-state index contributed by atoms with van der Waals surface area (Å²) >= 11 is 0. The number of hydrogen-bond donors (Lipinski definition) is 2. The second kappa shape index (κ2) is 8.53. The molecule has 1 aliphatic heterocycles. The van der Waals surface area contributed by atoms with Crippen LogP contribution in [0.5, 0.6) is 0 Å². The van der Waals surface area contributed by atoms with Gasteiger partial charge >= 0.3 is 0 Å². The minimum absolute atomic E-state index is 0.00638. The lowest BCUT2D eigenvalue weighted by Gasteiger charge is -2.36. The zero-order chi connectivity index (χ0) is 19.2. The molecule has 0 spiro atoms. The van der Waals surface area contributed by atoms with E-state index in [1.807, 2.05) is 23.1 Å². The van der Waals surface area contributed by atoms with Gasteiger partial charge in [-0.05, 0) is 30.3 Å². The van der Waals surface area contributed by atoms with E-state index < -0.39 is 0 Å². The Morgan fingerprint density at radius 3 is 2.41 bits per heavy atom. The van der Waals surface area contributed by atoms with Crippen LogP contribution in [0.2, 0.25) is 0 Å². The summed E-state index contributed by atoms with van der Waals surface area (Å²) in [6.07, 6.45) is 0. The number of nitrogens with one attached hydrogen (secondary N) is 2. The van der Waals surface area contributed by atoms with Crippen molar-refractivity contribution in [3.05, 3.63) is 54.3 Å². The minimum Gasteiger partial charge on any atom is -0.376 e. The fourth-order valence-electron chi connectivity index (χ4n) is 3.10. The predicted octanol–water partition coefficient (Wildman–Crippen LogP) is 2.54. The second-order valence-corrected chi connectivity index (χ2v) is 6.43. The van der Waals surface area contributed by atoms with E-state index in [-0.39, 0.29) is 24.2 Å². The third-order valence-electron chi connectivity index (χ3n) is 4.45. The van der Waals surface area contributed by atoms with Gasteiger partial charge < -0.3 is 20.4 Å². The molecule has 2 amide bonds. The van der Waals surface area contributed by atoms with E-state index in [4.69, 9.17) is 0 Å². The fraction of sp³-hybridized carbons (Fsp3) is 0.300.